The van der Waals surface area contributed by atoms with Crippen LogP contribution in [0.25, 0.3) is 0 Å². The van der Waals surface area contributed by atoms with Crippen LogP contribution in [0, 0.1) is 0 Å². The fraction of sp³-hybridized carbons (Fsp3) is 0.878. The molecule has 0 spiro atoms. The van der Waals surface area contributed by atoms with Crippen LogP contribution in [-0.2, 0) is 38.2 Å². The highest BCUT2D eigenvalue weighted by molar-refractivity contribution is 5.90. The van der Waals surface area contributed by atoms with Crippen molar-refractivity contribution in [3.63, 3.8) is 0 Å². The summed E-state index contributed by atoms with van der Waals surface area (Å²) in [7, 11) is 0. The largest absolute Gasteiger partial charge is 0.373 e. The number of hydrogen-bond donors (Lipinski definition) is 14. The summed E-state index contributed by atoms with van der Waals surface area (Å²) in [6.07, 6.45) is 12.6. The van der Waals surface area contributed by atoms with E-state index in [2.05, 4.69) is 31.9 Å². The minimum atomic E-state index is -0.854. The Morgan fingerprint density at radius 1 is 0.408 bits per heavy atom. The molecule has 0 rings (SSSR count). The number of nitrogens with one attached hydrogen (secondary N) is 6. The lowest BCUT2D eigenvalue weighted by Crippen LogP contribution is -2.54. The number of carbonyl (C=O) groups excluding carboxylic acids is 6. The SMILES string of the molecule is CCC(C)(CCOC(C)(CC)CNC(=O)C(CCCCNC(=O)C(N)CCCCN)NC(=O)C(N)CCCCN)OCCNC(=O)C(CCCCNC(=O)C(N)CCCCN)NC(=O)C(N)CCCCN. The van der Waals surface area contributed by atoms with Crippen molar-refractivity contribution in [3.05, 3.63) is 0 Å². The monoisotopic (exact) mass is 1010 g/mol. The van der Waals surface area contributed by atoms with Gasteiger partial charge in [-0.25, -0.2) is 0 Å². The molecule has 416 valence electrons. The molecule has 0 saturated carbocycles. The molecule has 0 aromatic rings. The number of nitrogens with two attached hydrogens (primary N) is 8. The number of rotatable bonds is 46. The van der Waals surface area contributed by atoms with E-state index in [0.717, 1.165) is 38.5 Å². The molecule has 8 atom stereocenters. The summed E-state index contributed by atoms with van der Waals surface area (Å²) in [6.45, 7) is 11.6. The van der Waals surface area contributed by atoms with Crippen molar-refractivity contribution >= 4 is 35.4 Å². The molecule has 0 bridgehead atoms. The van der Waals surface area contributed by atoms with E-state index >= 15 is 0 Å². The van der Waals surface area contributed by atoms with Crippen LogP contribution in [0.4, 0.5) is 0 Å². The number of hydrogen-bond acceptors (Lipinski definition) is 16. The van der Waals surface area contributed by atoms with Crippen LogP contribution in [0.15, 0.2) is 0 Å². The van der Waals surface area contributed by atoms with Gasteiger partial charge in [0.15, 0.2) is 0 Å². The van der Waals surface area contributed by atoms with E-state index in [1.807, 2.05) is 27.7 Å². The molecule has 22 N–H and O–H groups in total. The fourth-order valence-electron chi connectivity index (χ4n) is 7.42. The van der Waals surface area contributed by atoms with Gasteiger partial charge in [0, 0.05) is 26.2 Å². The smallest absolute Gasteiger partial charge is 0.242 e. The van der Waals surface area contributed by atoms with Gasteiger partial charge >= 0.3 is 0 Å². The molecular formula is C49H102N14O8. The van der Waals surface area contributed by atoms with Crippen LogP contribution < -0.4 is 77.8 Å². The second-order valence-corrected chi connectivity index (χ2v) is 19.3. The van der Waals surface area contributed by atoms with E-state index in [4.69, 9.17) is 55.3 Å². The Balaban J connectivity index is 5.39. The van der Waals surface area contributed by atoms with E-state index < -0.39 is 59.3 Å². The van der Waals surface area contributed by atoms with Crippen LogP contribution in [0.3, 0.4) is 0 Å². The molecule has 0 aromatic heterocycles. The third-order valence-corrected chi connectivity index (χ3v) is 13.0. The summed E-state index contributed by atoms with van der Waals surface area (Å²) in [5, 5.41) is 17.3. The predicted molar refractivity (Wildman–Crippen MR) is 281 cm³/mol. The fourth-order valence-corrected chi connectivity index (χ4v) is 7.42. The van der Waals surface area contributed by atoms with E-state index in [0.29, 0.717) is 142 Å². The molecular weight excluding hydrogens is 913 g/mol. The van der Waals surface area contributed by atoms with Gasteiger partial charge in [-0.1, -0.05) is 39.5 Å². The molecule has 6 amide bonds. The molecule has 0 aromatic carbocycles. The molecule has 8 unspecified atom stereocenters. The zero-order valence-electron chi connectivity index (χ0n) is 44.3. The van der Waals surface area contributed by atoms with Crippen molar-refractivity contribution in [1.29, 1.82) is 0 Å². The standard InChI is InChI=1S/C49H102N14O8/c1-5-48(3,71-34-32-60-46(68)40(62-44(66)38(56)21-9-15-28-52)23-11-17-30-58-42(64)36(54)19-7-13-26-50)25-33-70-49(4,6-2)35-61-47(69)41(63-45(67)39(57)22-10-16-29-53)24-12-18-31-59-43(65)37(55)20-8-14-27-51/h36-41H,5-35,50-57H2,1-4H3,(H,58,64)(H,59,65)(H,60,68)(H,61,69)(H,62,66)(H,63,67). The summed E-state index contributed by atoms with van der Waals surface area (Å²) >= 11 is 0. The summed E-state index contributed by atoms with van der Waals surface area (Å²) in [4.78, 5) is 78.0. The zero-order valence-corrected chi connectivity index (χ0v) is 44.3. The van der Waals surface area contributed by atoms with Gasteiger partial charge in [-0.15, -0.1) is 0 Å². The Hall–Kier alpha value is -3.58. The third-order valence-electron chi connectivity index (χ3n) is 13.0. The van der Waals surface area contributed by atoms with Crippen molar-refractivity contribution < 1.29 is 38.2 Å². The Labute approximate surface area is 425 Å². The van der Waals surface area contributed by atoms with Gasteiger partial charge in [0.1, 0.15) is 12.1 Å². The van der Waals surface area contributed by atoms with Crippen LogP contribution in [0.5, 0.6) is 0 Å². The second kappa shape index (κ2) is 40.8. The van der Waals surface area contributed by atoms with E-state index in [9.17, 15) is 28.8 Å². The Morgan fingerprint density at radius 3 is 1.13 bits per heavy atom. The van der Waals surface area contributed by atoms with Crippen molar-refractivity contribution in [2.75, 3.05) is 65.6 Å². The summed E-state index contributed by atoms with van der Waals surface area (Å²) < 4.78 is 12.7. The lowest BCUT2D eigenvalue weighted by atomic mass is 9.98. The lowest BCUT2D eigenvalue weighted by molar-refractivity contribution is -0.131. The van der Waals surface area contributed by atoms with Crippen LogP contribution in [0.2, 0.25) is 0 Å². The Kier molecular flexibility index (Phi) is 38.8. The summed E-state index contributed by atoms with van der Waals surface area (Å²) in [5.74, 6) is -2.03. The van der Waals surface area contributed by atoms with Gasteiger partial charge in [0.25, 0.3) is 0 Å². The van der Waals surface area contributed by atoms with Crippen LogP contribution in [-0.4, -0.2) is 148 Å². The molecule has 0 aliphatic heterocycles. The van der Waals surface area contributed by atoms with Crippen molar-refractivity contribution in [3.8, 4) is 0 Å². The van der Waals surface area contributed by atoms with Gasteiger partial charge < -0.3 is 87.2 Å². The topological polar surface area (TPSA) is 401 Å². The maximum absolute atomic E-state index is 13.7. The third kappa shape index (κ3) is 32.3. The van der Waals surface area contributed by atoms with E-state index in [1.54, 1.807) is 0 Å². The first kappa shape index (κ1) is 67.4. The second-order valence-electron chi connectivity index (χ2n) is 19.3. The average Bonchev–Trinajstić information content (AvgIpc) is 3.35. The zero-order chi connectivity index (χ0) is 53.5. The number of ether oxygens (including phenoxy) is 2. The van der Waals surface area contributed by atoms with Gasteiger partial charge in [0.05, 0.1) is 48.6 Å². The van der Waals surface area contributed by atoms with Gasteiger partial charge in [-0.05, 0) is 149 Å². The maximum atomic E-state index is 13.7. The molecule has 71 heavy (non-hydrogen) atoms. The molecule has 0 heterocycles. The van der Waals surface area contributed by atoms with Crippen LogP contribution in [0.1, 0.15) is 163 Å². The highest BCUT2D eigenvalue weighted by atomic mass is 16.5. The molecule has 0 radical (unpaired) electrons. The molecule has 0 fully saturated rings. The maximum Gasteiger partial charge on any atom is 0.242 e. The normalized spacial score (nSPS) is 15.7. The number of unbranched alkanes of at least 4 members (excludes halogenated alkanes) is 6. The summed E-state index contributed by atoms with van der Waals surface area (Å²) in [5.41, 5.74) is 45.3. The summed E-state index contributed by atoms with van der Waals surface area (Å²) in [6, 6.07) is -4.48. The minimum absolute atomic E-state index is 0.180. The number of amides is 6. The van der Waals surface area contributed by atoms with Crippen molar-refractivity contribution in [2.24, 2.45) is 45.9 Å². The lowest BCUT2D eigenvalue weighted by Gasteiger charge is -2.33. The predicted octanol–water partition coefficient (Wildman–Crippen LogP) is -0.653. The van der Waals surface area contributed by atoms with Crippen molar-refractivity contribution in [2.45, 2.75) is 210 Å². The average molecular weight is 1020 g/mol. The molecule has 22 heteroatoms. The molecule has 0 aliphatic rings. The minimum Gasteiger partial charge on any atom is -0.373 e. The highest BCUT2D eigenvalue weighted by Crippen LogP contribution is 2.23. The molecule has 0 aliphatic carbocycles. The highest BCUT2D eigenvalue weighted by Gasteiger charge is 2.31. The first-order chi connectivity index (χ1) is 33.9. The van der Waals surface area contributed by atoms with Crippen molar-refractivity contribution in [1.82, 2.24) is 31.9 Å². The van der Waals surface area contributed by atoms with Gasteiger partial charge in [0.2, 0.25) is 35.4 Å². The van der Waals surface area contributed by atoms with E-state index in [-0.39, 0.29) is 43.3 Å². The number of carbonyl (C=O) groups is 6. The molecule has 0 saturated heterocycles. The van der Waals surface area contributed by atoms with Crippen LogP contribution >= 0.6 is 0 Å². The van der Waals surface area contributed by atoms with Gasteiger partial charge in [-0.2, -0.15) is 0 Å². The Bertz CT molecular complexity index is 1470. The quantitative estimate of drug-likeness (QED) is 0.0337. The molecule has 22 nitrogen and oxygen atoms in total. The van der Waals surface area contributed by atoms with E-state index in [1.165, 1.54) is 0 Å². The first-order valence-electron chi connectivity index (χ1n) is 26.7. The Morgan fingerprint density at radius 2 is 0.746 bits per heavy atom. The first-order valence-corrected chi connectivity index (χ1v) is 26.7. The van der Waals surface area contributed by atoms with Gasteiger partial charge in [-0.3, -0.25) is 28.8 Å².